The molecule has 0 amide bonds. The largest absolute Gasteiger partial charge is 0.490 e. The van der Waals surface area contributed by atoms with Crippen LogP contribution in [0.15, 0.2) is 30.0 Å². The van der Waals surface area contributed by atoms with Gasteiger partial charge in [0.15, 0.2) is 0 Å². The van der Waals surface area contributed by atoms with Crippen LogP contribution in [-0.2, 0) is 0 Å². The maximum atomic E-state index is 9.20. The number of benzene rings is 1. The van der Waals surface area contributed by atoms with Crippen LogP contribution >= 0.6 is 0 Å². The molecule has 0 aromatic heterocycles. The van der Waals surface area contributed by atoms with Crippen molar-refractivity contribution in [2.75, 3.05) is 26.2 Å². The van der Waals surface area contributed by atoms with Crippen LogP contribution in [0.5, 0.6) is 5.75 Å². The predicted molar refractivity (Wildman–Crippen MR) is 95.8 cm³/mol. The number of nitrogens with zero attached hydrogens (tertiary/aromatic N) is 3. The van der Waals surface area contributed by atoms with Gasteiger partial charge in [-0.25, -0.2) is 0 Å². The molecule has 1 fully saturated rings. The van der Waals surface area contributed by atoms with Gasteiger partial charge < -0.3 is 15.0 Å². The van der Waals surface area contributed by atoms with Crippen molar-refractivity contribution in [3.05, 3.63) is 41.1 Å². The SMILES string of the molecule is CC(C)(C)C1NCC2CN(CCOc3ccc(C#N)cc3C#N)C=C21. The fraction of sp³-hybridized carbons (Fsp3) is 0.500. The van der Waals surface area contributed by atoms with E-state index in [4.69, 9.17) is 10.00 Å². The van der Waals surface area contributed by atoms with Crippen molar-refractivity contribution in [3.63, 3.8) is 0 Å². The van der Waals surface area contributed by atoms with E-state index in [2.05, 4.69) is 43.3 Å². The van der Waals surface area contributed by atoms with E-state index in [0.717, 1.165) is 19.6 Å². The number of hydrogen-bond donors (Lipinski definition) is 1. The summed E-state index contributed by atoms with van der Waals surface area (Å²) in [4.78, 5) is 2.31. The Labute approximate surface area is 149 Å². The van der Waals surface area contributed by atoms with Gasteiger partial charge in [-0.1, -0.05) is 20.8 Å². The molecule has 2 unspecified atom stereocenters. The van der Waals surface area contributed by atoms with Crippen molar-refractivity contribution >= 4 is 0 Å². The highest BCUT2D eigenvalue weighted by Crippen LogP contribution is 2.37. The summed E-state index contributed by atoms with van der Waals surface area (Å²) in [6.45, 7) is 10.2. The zero-order chi connectivity index (χ0) is 18.0. The molecule has 2 heterocycles. The van der Waals surface area contributed by atoms with Gasteiger partial charge >= 0.3 is 0 Å². The van der Waals surface area contributed by atoms with Crippen LogP contribution in [0, 0.1) is 34.0 Å². The van der Waals surface area contributed by atoms with Gasteiger partial charge in [0.2, 0.25) is 0 Å². The molecule has 0 spiro atoms. The summed E-state index contributed by atoms with van der Waals surface area (Å²) in [5.74, 6) is 1.14. The second-order valence-electron chi connectivity index (χ2n) is 7.81. The molecule has 2 aliphatic rings. The molecule has 2 aliphatic heterocycles. The van der Waals surface area contributed by atoms with E-state index in [1.54, 1.807) is 18.2 Å². The van der Waals surface area contributed by atoms with E-state index in [1.165, 1.54) is 5.57 Å². The average Bonchev–Trinajstić information content (AvgIpc) is 3.14. The molecule has 1 N–H and O–H groups in total. The second-order valence-corrected chi connectivity index (χ2v) is 7.81. The lowest BCUT2D eigenvalue weighted by molar-refractivity contribution is 0.252. The van der Waals surface area contributed by atoms with Gasteiger partial charge in [-0.2, -0.15) is 10.5 Å². The molecule has 3 rings (SSSR count). The van der Waals surface area contributed by atoms with Crippen molar-refractivity contribution < 1.29 is 4.74 Å². The standard InChI is InChI=1S/C20H24N4O/c1-20(2,3)19-17-13-24(12-16(17)11-23-19)6-7-25-18-5-4-14(9-21)8-15(18)10-22/h4-5,8,13,16,19,23H,6-7,11-12H2,1-3H3. The van der Waals surface area contributed by atoms with Crippen LogP contribution in [-0.4, -0.2) is 37.2 Å². The number of rotatable bonds is 4. The number of fused-ring (bicyclic) bond motifs is 1. The van der Waals surface area contributed by atoms with E-state index >= 15 is 0 Å². The maximum Gasteiger partial charge on any atom is 0.137 e. The molecule has 5 nitrogen and oxygen atoms in total. The van der Waals surface area contributed by atoms with Crippen LogP contribution in [0.25, 0.3) is 0 Å². The van der Waals surface area contributed by atoms with E-state index < -0.39 is 0 Å². The maximum absolute atomic E-state index is 9.20. The number of nitriles is 2. The third-order valence-corrected chi connectivity index (χ3v) is 4.89. The van der Waals surface area contributed by atoms with Gasteiger partial charge in [0, 0.05) is 31.2 Å². The first-order valence-electron chi connectivity index (χ1n) is 8.68. The Balaban J connectivity index is 1.59. The summed E-state index contributed by atoms with van der Waals surface area (Å²) in [6, 6.07) is 9.52. The minimum atomic E-state index is 0.220. The number of hydrogen-bond acceptors (Lipinski definition) is 5. The van der Waals surface area contributed by atoms with Crippen LogP contribution < -0.4 is 10.1 Å². The Morgan fingerprint density at radius 3 is 2.76 bits per heavy atom. The number of ether oxygens (including phenoxy) is 1. The Morgan fingerprint density at radius 2 is 2.08 bits per heavy atom. The molecule has 1 aromatic carbocycles. The summed E-state index contributed by atoms with van der Waals surface area (Å²) in [5.41, 5.74) is 2.61. The lowest BCUT2D eigenvalue weighted by Crippen LogP contribution is -2.36. The molecule has 0 radical (unpaired) electrons. The third kappa shape index (κ3) is 3.62. The Bertz CT molecular complexity index is 763. The monoisotopic (exact) mass is 336 g/mol. The molecule has 0 saturated carbocycles. The first kappa shape index (κ1) is 17.3. The molecule has 130 valence electrons. The van der Waals surface area contributed by atoms with Crippen molar-refractivity contribution in [3.8, 4) is 17.9 Å². The molecule has 2 atom stereocenters. The van der Waals surface area contributed by atoms with E-state index in [9.17, 15) is 5.26 Å². The molecule has 5 heteroatoms. The minimum absolute atomic E-state index is 0.220. The number of nitrogens with one attached hydrogen (secondary N) is 1. The summed E-state index contributed by atoms with van der Waals surface area (Å²) in [7, 11) is 0. The summed E-state index contributed by atoms with van der Waals surface area (Å²) in [5, 5.41) is 21.7. The molecular weight excluding hydrogens is 312 g/mol. The topological polar surface area (TPSA) is 72.1 Å². The van der Waals surface area contributed by atoms with E-state index in [-0.39, 0.29) is 5.41 Å². The molecular formula is C20H24N4O. The minimum Gasteiger partial charge on any atom is -0.490 e. The normalized spacial score (nSPS) is 22.1. The van der Waals surface area contributed by atoms with Crippen molar-refractivity contribution in [1.82, 2.24) is 10.2 Å². The summed E-state index contributed by atoms with van der Waals surface area (Å²) < 4.78 is 5.79. The van der Waals surface area contributed by atoms with Gasteiger partial charge in [-0.15, -0.1) is 0 Å². The van der Waals surface area contributed by atoms with E-state index in [0.29, 0.717) is 35.4 Å². The molecule has 1 aromatic rings. The molecule has 1 saturated heterocycles. The van der Waals surface area contributed by atoms with Crippen molar-refractivity contribution in [2.45, 2.75) is 26.8 Å². The van der Waals surface area contributed by atoms with E-state index in [1.807, 2.05) is 6.07 Å². The fourth-order valence-corrected chi connectivity index (χ4v) is 3.68. The fourth-order valence-electron chi connectivity index (χ4n) is 3.68. The lowest BCUT2D eigenvalue weighted by atomic mass is 9.82. The van der Waals surface area contributed by atoms with Crippen LogP contribution in [0.3, 0.4) is 0 Å². The van der Waals surface area contributed by atoms with Gasteiger partial charge in [0.05, 0.1) is 23.7 Å². The smallest absolute Gasteiger partial charge is 0.137 e. The first-order chi connectivity index (χ1) is 11.9. The summed E-state index contributed by atoms with van der Waals surface area (Å²) in [6.07, 6.45) is 2.29. The molecule has 25 heavy (non-hydrogen) atoms. The molecule has 0 bridgehead atoms. The zero-order valence-corrected chi connectivity index (χ0v) is 15.0. The Kier molecular flexibility index (Phi) is 4.70. The summed E-state index contributed by atoms with van der Waals surface area (Å²) >= 11 is 0. The van der Waals surface area contributed by atoms with Gasteiger partial charge in [0.1, 0.15) is 18.4 Å². The predicted octanol–water partition coefficient (Wildman–Crippen LogP) is 2.64. The highest BCUT2D eigenvalue weighted by Gasteiger charge is 2.40. The van der Waals surface area contributed by atoms with Crippen molar-refractivity contribution in [2.24, 2.45) is 11.3 Å². The second kappa shape index (κ2) is 6.78. The third-order valence-electron chi connectivity index (χ3n) is 4.89. The van der Waals surface area contributed by atoms with Gasteiger partial charge in [-0.3, -0.25) is 0 Å². The Morgan fingerprint density at radius 1 is 1.28 bits per heavy atom. The average molecular weight is 336 g/mol. The van der Waals surface area contributed by atoms with Crippen LogP contribution in [0.1, 0.15) is 31.9 Å². The van der Waals surface area contributed by atoms with Gasteiger partial charge in [-0.05, 0) is 29.2 Å². The highest BCUT2D eigenvalue weighted by molar-refractivity contribution is 5.48. The zero-order valence-electron chi connectivity index (χ0n) is 15.0. The quantitative estimate of drug-likeness (QED) is 0.915. The molecule has 0 aliphatic carbocycles. The first-order valence-corrected chi connectivity index (χ1v) is 8.68. The van der Waals surface area contributed by atoms with Gasteiger partial charge in [0.25, 0.3) is 0 Å². The van der Waals surface area contributed by atoms with Crippen molar-refractivity contribution in [1.29, 1.82) is 10.5 Å². The highest BCUT2D eigenvalue weighted by atomic mass is 16.5. The van der Waals surface area contributed by atoms with Crippen LogP contribution in [0.4, 0.5) is 0 Å². The van der Waals surface area contributed by atoms with Crippen LogP contribution in [0.2, 0.25) is 0 Å². The Hall–Kier alpha value is -2.50. The lowest BCUT2D eigenvalue weighted by Gasteiger charge is -2.28.